The minimum atomic E-state index is -5.42. The van der Waals surface area contributed by atoms with Crippen LogP contribution in [0.4, 0.5) is 17.6 Å². The molecule has 0 atom stereocenters. The van der Waals surface area contributed by atoms with Crippen molar-refractivity contribution in [3.05, 3.63) is 53.3 Å². The summed E-state index contributed by atoms with van der Waals surface area (Å²) in [6.07, 6.45) is 0. The average Bonchev–Trinajstić information content (AvgIpc) is 2.47. The van der Waals surface area contributed by atoms with Crippen molar-refractivity contribution in [3.8, 4) is 11.5 Å². The molecule has 0 aliphatic rings. The molecule has 10 heteroatoms. The molecule has 24 heavy (non-hydrogen) atoms. The molecule has 0 heterocycles. The summed E-state index contributed by atoms with van der Waals surface area (Å²) in [6, 6.07) is 6.91. The van der Waals surface area contributed by atoms with E-state index in [-0.39, 0.29) is 16.5 Å². The highest BCUT2D eigenvalue weighted by atomic mass is 79.9. The van der Waals surface area contributed by atoms with Crippen LogP contribution in [0.15, 0.2) is 47.4 Å². The minimum Gasteiger partial charge on any atom is -0.457 e. The Labute approximate surface area is 149 Å². The number of hydrogen-bond acceptors (Lipinski definition) is 3. The largest absolute Gasteiger partial charge is 0.501 e. The molecule has 0 amide bonds. The Morgan fingerprint density at radius 3 is 2.00 bits per heavy atom. The number of hydrogen-bond donors (Lipinski definition) is 0. The lowest BCUT2D eigenvalue weighted by Gasteiger charge is -2.09. The number of benzene rings is 2. The van der Waals surface area contributed by atoms with Gasteiger partial charge in [0.1, 0.15) is 17.3 Å². The Kier molecular flexibility index (Phi) is 7.06. The molecule has 2 aromatic carbocycles. The van der Waals surface area contributed by atoms with Crippen molar-refractivity contribution < 1.29 is 30.7 Å². The van der Waals surface area contributed by atoms with E-state index < -0.39 is 26.1 Å². The third kappa shape index (κ3) is 5.09. The molecule has 2 rings (SSSR count). The van der Waals surface area contributed by atoms with Crippen LogP contribution in [0.5, 0.6) is 11.5 Å². The Morgan fingerprint density at radius 2 is 1.54 bits per heavy atom. The van der Waals surface area contributed by atoms with Crippen LogP contribution >= 0.6 is 27.5 Å². The number of rotatable bonds is 3. The van der Waals surface area contributed by atoms with Gasteiger partial charge in [-0.2, -0.15) is 13.2 Å². The van der Waals surface area contributed by atoms with E-state index in [0.717, 1.165) is 36.4 Å². The highest BCUT2D eigenvalue weighted by molar-refractivity contribution is 9.08. The van der Waals surface area contributed by atoms with Crippen molar-refractivity contribution in [2.24, 2.45) is 0 Å². The van der Waals surface area contributed by atoms with Gasteiger partial charge < -0.3 is 4.74 Å². The summed E-state index contributed by atoms with van der Waals surface area (Å²) in [7, 11) is -5.42. The van der Waals surface area contributed by atoms with Crippen LogP contribution in [0.2, 0.25) is 5.02 Å². The molecule has 0 radical (unpaired) electrons. The standard InChI is InChI=1S/C13H7ClF4O3S.CH3Br/c14-8-5-9(15)7-11(6-8)21-10-1-3-12(4-2-10)22(19,20)13(16,17)18;1-2/h1-7H;1H3. The maximum absolute atomic E-state index is 13.1. The van der Waals surface area contributed by atoms with Crippen LogP contribution in [0.1, 0.15) is 0 Å². The molecular weight excluding hydrogens is 440 g/mol. The Hall–Kier alpha value is -1.32. The van der Waals surface area contributed by atoms with Crippen molar-refractivity contribution in [1.82, 2.24) is 0 Å². The molecule has 132 valence electrons. The summed E-state index contributed by atoms with van der Waals surface area (Å²) in [5, 5.41) is 0.0752. The molecule has 0 fully saturated rings. The van der Waals surface area contributed by atoms with E-state index in [9.17, 15) is 26.0 Å². The first-order chi connectivity index (χ1) is 11.1. The van der Waals surface area contributed by atoms with Crippen LogP contribution in [0, 0.1) is 5.82 Å². The van der Waals surface area contributed by atoms with Gasteiger partial charge in [-0.25, -0.2) is 12.8 Å². The number of alkyl halides is 4. The number of ether oxygens (including phenoxy) is 1. The fraction of sp³-hybridized carbons (Fsp3) is 0.143. The predicted octanol–water partition coefficient (Wildman–Crippen LogP) is 5.58. The maximum atomic E-state index is 13.1. The van der Waals surface area contributed by atoms with Crippen molar-refractivity contribution in [2.45, 2.75) is 10.4 Å². The van der Waals surface area contributed by atoms with Crippen LogP contribution in [-0.4, -0.2) is 19.8 Å². The van der Waals surface area contributed by atoms with E-state index in [2.05, 4.69) is 15.9 Å². The monoisotopic (exact) mass is 448 g/mol. The topological polar surface area (TPSA) is 43.4 Å². The van der Waals surface area contributed by atoms with Gasteiger partial charge in [-0.1, -0.05) is 27.5 Å². The normalized spacial score (nSPS) is 11.5. The smallest absolute Gasteiger partial charge is 0.457 e. The highest BCUT2D eigenvalue weighted by Crippen LogP contribution is 2.32. The van der Waals surface area contributed by atoms with Crippen LogP contribution in [-0.2, 0) is 9.84 Å². The molecule has 3 nitrogen and oxygen atoms in total. The van der Waals surface area contributed by atoms with Gasteiger partial charge in [0.25, 0.3) is 9.84 Å². The van der Waals surface area contributed by atoms with Gasteiger partial charge in [-0.3, -0.25) is 0 Å². The van der Waals surface area contributed by atoms with Gasteiger partial charge in [0.2, 0.25) is 0 Å². The van der Waals surface area contributed by atoms with Crippen molar-refractivity contribution in [1.29, 1.82) is 0 Å². The Balaban J connectivity index is 0.00000139. The van der Waals surface area contributed by atoms with Gasteiger partial charge in [0.15, 0.2) is 0 Å². The van der Waals surface area contributed by atoms with Gasteiger partial charge in [-0.05, 0) is 42.2 Å². The zero-order chi connectivity index (χ0) is 18.5. The molecular formula is C14H10BrClF4O3S. The molecule has 0 spiro atoms. The average molecular weight is 450 g/mol. The molecule has 0 unspecified atom stereocenters. The first kappa shape index (κ1) is 20.7. The molecule has 0 saturated heterocycles. The lowest BCUT2D eigenvalue weighted by Crippen LogP contribution is -2.23. The molecule has 0 aliphatic carbocycles. The molecule has 2 aromatic rings. The molecule has 0 aliphatic heterocycles. The zero-order valence-corrected chi connectivity index (χ0v) is 15.1. The minimum absolute atomic E-state index is 0.0245. The van der Waals surface area contributed by atoms with E-state index in [1.165, 1.54) is 6.07 Å². The lowest BCUT2D eigenvalue weighted by atomic mass is 10.3. The van der Waals surface area contributed by atoms with Gasteiger partial charge in [-0.15, -0.1) is 0 Å². The van der Waals surface area contributed by atoms with Crippen LogP contribution in [0.3, 0.4) is 0 Å². The van der Waals surface area contributed by atoms with Crippen molar-refractivity contribution in [3.63, 3.8) is 0 Å². The second-order valence-corrected chi connectivity index (χ2v) is 6.51. The maximum Gasteiger partial charge on any atom is 0.501 e. The summed E-state index contributed by atoms with van der Waals surface area (Å²) in [5.74, 6) is 1.21. The van der Waals surface area contributed by atoms with Crippen LogP contribution < -0.4 is 4.74 Å². The van der Waals surface area contributed by atoms with Gasteiger partial charge in [0.05, 0.1) is 4.90 Å². The highest BCUT2D eigenvalue weighted by Gasteiger charge is 2.46. The predicted molar refractivity (Wildman–Crippen MR) is 86.0 cm³/mol. The fourth-order valence-electron chi connectivity index (χ4n) is 1.54. The first-order valence-corrected chi connectivity index (χ1v) is 9.47. The van der Waals surface area contributed by atoms with E-state index in [4.69, 9.17) is 16.3 Å². The van der Waals surface area contributed by atoms with E-state index in [0.29, 0.717) is 0 Å². The Morgan fingerprint density at radius 1 is 1.00 bits per heavy atom. The van der Waals surface area contributed by atoms with Gasteiger partial charge >= 0.3 is 5.51 Å². The summed E-state index contributed by atoms with van der Waals surface area (Å²) >= 11 is 8.56. The summed E-state index contributed by atoms with van der Waals surface area (Å²) in [4.78, 5) is -0.912. The van der Waals surface area contributed by atoms with Crippen molar-refractivity contribution >= 4 is 37.4 Å². The van der Waals surface area contributed by atoms with Gasteiger partial charge in [0, 0.05) is 11.1 Å². The zero-order valence-electron chi connectivity index (χ0n) is 11.9. The SMILES string of the molecule is CBr.O=S(=O)(c1ccc(Oc2cc(F)cc(Cl)c2)cc1)C(F)(F)F. The molecule has 0 saturated carbocycles. The quantitative estimate of drug-likeness (QED) is 0.454. The second-order valence-electron chi connectivity index (χ2n) is 4.13. The first-order valence-electron chi connectivity index (χ1n) is 6.03. The second kappa shape index (κ2) is 8.17. The summed E-state index contributed by atoms with van der Waals surface area (Å²) in [6.45, 7) is 0. The number of sulfone groups is 1. The number of halogens is 6. The molecule has 0 aromatic heterocycles. The van der Waals surface area contributed by atoms with E-state index in [1.54, 1.807) is 0 Å². The van der Waals surface area contributed by atoms with E-state index >= 15 is 0 Å². The summed E-state index contributed by atoms with van der Waals surface area (Å²) in [5.41, 5.74) is -5.38. The Bertz CT molecular complexity index is 772. The molecule has 0 N–H and O–H groups in total. The molecule has 0 bridgehead atoms. The lowest BCUT2D eigenvalue weighted by molar-refractivity contribution is -0.0436. The third-order valence-corrected chi connectivity index (χ3v) is 4.23. The van der Waals surface area contributed by atoms with E-state index in [1.807, 2.05) is 5.83 Å². The van der Waals surface area contributed by atoms with Crippen LogP contribution in [0.25, 0.3) is 0 Å². The summed E-state index contributed by atoms with van der Waals surface area (Å²) < 4.78 is 77.8. The third-order valence-electron chi connectivity index (χ3n) is 2.51. The fourth-order valence-corrected chi connectivity index (χ4v) is 2.52. The van der Waals surface area contributed by atoms with Crippen molar-refractivity contribution in [2.75, 3.05) is 5.83 Å².